The molecule has 8 nitrogen and oxygen atoms in total. The highest BCUT2D eigenvalue weighted by Gasteiger charge is 2.25. The molecule has 3 rings (SSSR count). The quantitative estimate of drug-likeness (QED) is 0.797. The molecule has 1 aliphatic rings. The first-order chi connectivity index (χ1) is 12.9. The molecule has 0 spiro atoms. The molecule has 3 heterocycles. The maximum atomic E-state index is 11.4. The smallest absolute Gasteiger partial charge is 0.352 e. The van der Waals surface area contributed by atoms with E-state index in [0.717, 1.165) is 22.9 Å². The lowest BCUT2D eigenvalue weighted by molar-refractivity contribution is -0.132. The average molecular weight is 368 g/mol. The summed E-state index contributed by atoms with van der Waals surface area (Å²) < 4.78 is 1.93. The molecule has 0 unspecified atom stereocenters. The van der Waals surface area contributed by atoms with Crippen LogP contribution in [0, 0.1) is 0 Å². The minimum atomic E-state index is -1.12. The van der Waals surface area contributed by atoms with Crippen LogP contribution in [0.3, 0.4) is 0 Å². The number of carboxylic acids is 1. The summed E-state index contributed by atoms with van der Waals surface area (Å²) in [4.78, 5) is 26.9. The van der Waals surface area contributed by atoms with Crippen molar-refractivity contribution in [3.05, 3.63) is 42.0 Å². The topological polar surface area (TPSA) is 110 Å². The van der Waals surface area contributed by atoms with E-state index in [1.807, 2.05) is 48.7 Å². The van der Waals surface area contributed by atoms with E-state index in [1.54, 1.807) is 12.4 Å². The number of carboxylic acid groups (broad SMARTS) is 1. The lowest BCUT2D eigenvalue weighted by Gasteiger charge is -2.31. The first-order valence-electron chi connectivity index (χ1n) is 8.84. The van der Waals surface area contributed by atoms with Crippen LogP contribution in [0.15, 0.2) is 47.0 Å². The fourth-order valence-electron chi connectivity index (χ4n) is 3.12. The van der Waals surface area contributed by atoms with Gasteiger partial charge in [0.1, 0.15) is 17.3 Å². The largest absolute Gasteiger partial charge is 0.477 e. The van der Waals surface area contributed by atoms with Crippen molar-refractivity contribution in [1.29, 1.82) is 0 Å². The standard InChI is InChI=1S/C19H24N6O2/c1-12(2)23-15-6-8-25(11-14(15)17(20)19(26)27)16-5-4-13(10-22-16)18-21-7-9-24(18)3/h4-5,7,9-10,12H,6,8,11,20H2,1-3H3,(H,26,27)/b17-14-,23-15?. The Morgan fingerprint density at radius 2 is 2.11 bits per heavy atom. The van der Waals surface area contributed by atoms with Crippen molar-refractivity contribution >= 4 is 17.5 Å². The lowest BCUT2D eigenvalue weighted by atomic mass is 9.99. The number of anilines is 1. The van der Waals surface area contributed by atoms with Crippen molar-refractivity contribution < 1.29 is 9.90 Å². The Balaban J connectivity index is 1.87. The minimum absolute atomic E-state index is 0.0818. The monoisotopic (exact) mass is 368 g/mol. The van der Waals surface area contributed by atoms with Gasteiger partial charge in [0.05, 0.1) is 0 Å². The molecular formula is C19H24N6O2. The van der Waals surface area contributed by atoms with Crippen molar-refractivity contribution in [2.45, 2.75) is 26.3 Å². The Morgan fingerprint density at radius 3 is 2.67 bits per heavy atom. The molecule has 8 heteroatoms. The van der Waals surface area contributed by atoms with Gasteiger partial charge in [0.2, 0.25) is 0 Å². The zero-order chi connectivity index (χ0) is 19.6. The Labute approximate surface area is 158 Å². The molecule has 142 valence electrons. The van der Waals surface area contributed by atoms with Gasteiger partial charge in [0.15, 0.2) is 0 Å². The Morgan fingerprint density at radius 1 is 1.33 bits per heavy atom. The summed E-state index contributed by atoms with van der Waals surface area (Å²) >= 11 is 0. The molecule has 0 aromatic carbocycles. The molecule has 3 N–H and O–H groups in total. The van der Waals surface area contributed by atoms with Gasteiger partial charge in [-0.05, 0) is 26.0 Å². The number of carbonyl (C=O) groups is 1. The van der Waals surface area contributed by atoms with Crippen molar-refractivity contribution in [2.75, 3.05) is 18.0 Å². The zero-order valence-electron chi connectivity index (χ0n) is 15.8. The average Bonchev–Trinajstić information content (AvgIpc) is 3.07. The second-order valence-corrected chi connectivity index (χ2v) is 6.81. The van der Waals surface area contributed by atoms with Crippen molar-refractivity contribution in [3.8, 4) is 11.4 Å². The van der Waals surface area contributed by atoms with Gasteiger partial charge in [-0.1, -0.05) is 0 Å². The van der Waals surface area contributed by atoms with Crippen molar-refractivity contribution in [3.63, 3.8) is 0 Å². The summed E-state index contributed by atoms with van der Waals surface area (Å²) in [6.07, 6.45) is 6.04. The van der Waals surface area contributed by atoms with Crippen LogP contribution < -0.4 is 10.6 Å². The molecule has 0 atom stereocenters. The van der Waals surface area contributed by atoms with Crippen LogP contribution in [-0.4, -0.2) is 50.5 Å². The van der Waals surface area contributed by atoms with Crippen molar-refractivity contribution in [2.24, 2.45) is 17.8 Å². The van der Waals surface area contributed by atoms with E-state index < -0.39 is 5.97 Å². The van der Waals surface area contributed by atoms with Crippen LogP contribution in [0.1, 0.15) is 20.3 Å². The number of aromatic nitrogens is 3. The number of pyridine rings is 1. The third-order valence-electron chi connectivity index (χ3n) is 4.44. The van der Waals surface area contributed by atoms with E-state index in [4.69, 9.17) is 5.73 Å². The summed E-state index contributed by atoms with van der Waals surface area (Å²) in [7, 11) is 1.93. The highest BCUT2D eigenvalue weighted by Crippen LogP contribution is 2.24. The molecule has 0 aliphatic carbocycles. The van der Waals surface area contributed by atoms with E-state index in [2.05, 4.69) is 15.0 Å². The maximum Gasteiger partial charge on any atom is 0.352 e. The Bertz CT molecular complexity index is 895. The van der Waals surface area contributed by atoms with Gasteiger partial charge < -0.3 is 20.3 Å². The third kappa shape index (κ3) is 3.99. The van der Waals surface area contributed by atoms with E-state index in [1.165, 1.54) is 0 Å². The Hall–Kier alpha value is -3.16. The molecule has 1 aliphatic heterocycles. The molecule has 0 saturated carbocycles. The molecule has 2 aromatic rings. The minimum Gasteiger partial charge on any atom is -0.477 e. The lowest BCUT2D eigenvalue weighted by Crippen LogP contribution is -2.39. The summed E-state index contributed by atoms with van der Waals surface area (Å²) in [6.45, 7) is 5.01. The number of nitrogens with two attached hydrogens (primary N) is 1. The SMILES string of the molecule is CC(C)N=C1CCN(c2ccc(-c3nccn3C)cn2)C/C1=C(/N)C(=O)O. The van der Waals surface area contributed by atoms with Crippen LogP contribution in [0.25, 0.3) is 11.4 Å². The number of nitrogens with zero attached hydrogens (tertiary/aromatic N) is 5. The number of hydrogen-bond donors (Lipinski definition) is 2. The third-order valence-corrected chi connectivity index (χ3v) is 4.44. The van der Waals surface area contributed by atoms with Crippen LogP contribution in [0.5, 0.6) is 0 Å². The molecule has 1 fully saturated rings. The molecule has 0 amide bonds. The number of aliphatic imine (C=N–C) groups is 1. The van der Waals surface area contributed by atoms with Gasteiger partial charge in [-0.15, -0.1) is 0 Å². The predicted molar refractivity (Wildman–Crippen MR) is 105 cm³/mol. The van der Waals surface area contributed by atoms with E-state index in [9.17, 15) is 9.90 Å². The second-order valence-electron chi connectivity index (χ2n) is 6.81. The van der Waals surface area contributed by atoms with E-state index >= 15 is 0 Å². The molecule has 27 heavy (non-hydrogen) atoms. The number of hydrogen-bond acceptors (Lipinski definition) is 6. The normalized spacial score (nSPS) is 18.2. The fraction of sp³-hybridized carbons (Fsp3) is 0.368. The van der Waals surface area contributed by atoms with Crippen LogP contribution in [-0.2, 0) is 11.8 Å². The number of aliphatic carboxylic acids is 1. The van der Waals surface area contributed by atoms with Gasteiger partial charge in [0, 0.05) is 68.0 Å². The summed E-state index contributed by atoms with van der Waals surface area (Å²) in [5.74, 6) is 0.489. The number of aryl methyl sites for hydroxylation is 1. The maximum absolute atomic E-state index is 11.4. The fourth-order valence-corrected chi connectivity index (χ4v) is 3.12. The van der Waals surface area contributed by atoms with Gasteiger partial charge in [-0.25, -0.2) is 14.8 Å². The van der Waals surface area contributed by atoms with Crippen LogP contribution in [0.2, 0.25) is 0 Å². The highest BCUT2D eigenvalue weighted by molar-refractivity contribution is 6.07. The Kier molecular flexibility index (Phi) is 5.25. The first kappa shape index (κ1) is 18.6. The molecule has 2 aromatic heterocycles. The summed E-state index contributed by atoms with van der Waals surface area (Å²) in [5.41, 5.74) is 7.95. The van der Waals surface area contributed by atoms with Gasteiger partial charge in [-0.3, -0.25) is 4.99 Å². The number of piperidine rings is 1. The highest BCUT2D eigenvalue weighted by atomic mass is 16.4. The summed E-state index contributed by atoms with van der Waals surface area (Å²) in [6, 6.07) is 3.97. The first-order valence-corrected chi connectivity index (χ1v) is 8.84. The molecule has 0 bridgehead atoms. The molecule has 0 radical (unpaired) electrons. The van der Waals surface area contributed by atoms with Gasteiger partial charge in [-0.2, -0.15) is 0 Å². The van der Waals surface area contributed by atoms with Crippen LogP contribution in [0.4, 0.5) is 5.82 Å². The second kappa shape index (κ2) is 7.61. The van der Waals surface area contributed by atoms with Gasteiger partial charge in [0.25, 0.3) is 0 Å². The zero-order valence-corrected chi connectivity index (χ0v) is 15.8. The predicted octanol–water partition coefficient (Wildman–Crippen LogP) is 1.84. The van der Waals surface area contributed by atoms with Crippen LogP contribution >= 0.6 is 0 Å². The van der Waals surface area contributed by atoms with E-state index in [-0.39, 0.29) is 11.7 Å². The summed E-state index contributed by atoms with van der Waals surface area (Å²) in [5, 5.41) is 9.33. The van der Waals surface area contributed by atoms with Crippen molar-refractivity contribution in [1.82, 2.24) is 14.5 Å². The molecular weight excluding hydrogens is 344 g/mol. The van der Waals surface area contributed by atoms with E-state index in [0.29, 0.717) is 25.1 Å². The number of rotatable bonds is 4. The molecule has 1 saturated heterocycles. The number of imidazole rings is 1. The van der Waals surface area contributed by atoms with Gasteiger partial charge >= 0.3 is 5.97 Å².